The van der Waals surface area contributed by atoms with Crippen molar-refractivity contribution in [2.45, 2.75) is 26.0 Å². The van der Waals surface area contributed by atoms with Gasteiger partial charge in [0.15, 0.2) is 0 Å². The molecule has 1 aliphatic rings. The summed E-state index contributed by atoms with van der Waals surface area (Å²) in [6, 6.07) is 5.80. The van der Waals surface area contributed by atoms with E-state index in [2.05, 4.69) is 18.7 Å². The Hall–Kier alpha value is -0.970. The van der Waals surface area contributed by atoms with Gasteiger partial charge >= 0.3 is 0 Å². The molecule has 0 radical (unpaired) electrons. The maximum Gasteiger partial charge on any atom is 0.138 e. The highest BCUT2D eigenvalue weighted by Gasteiger charge is 2.22. The maximum atomic E-state index is 6.07. The number of hydrogen-bond acceptors (Lipinski definition) is 4. The monoisotopic (exact) mass is 284 g/mol. The minimum atomic E-state index is 0.0877. The van der Waals surface area contributed by atoms with E-state index in [-0.39, 0.29) is 6.10 Å². The van der Waals surface area contributed by atoms with E-state index in [9.17, 15) is 0 Å². The van der Waals surface area contributed by atoms with Crippen LogP contribution in [0.1, 0.15) is 13.8 Å². The maximum absolute atomic E-state index is 6.07. The Kier molecular flexibility index (Phi) is 4.91. The Morgan fingerprint density at radius 3 is 3.00 bits per heavy atom. The van der Waals surface area contributed by atoms with Crippen molar-refractivity contribution >= 4 is 17.3 Å². The molecule has 1 fully saturated rings. The van der Waals surface area contributed by atoms with Crippen LogP contribution < -0.4 is 10.5 Å². The summed E-state index contributed by atoms with van der Waals surface area (Å²) in [6.45, 7) is 7.52. The first-order valence-electron chi connectivity index (χ1n) is 6.59. The summed E-state index contributed by atoms with van der Waals surface area (Å²) in [7, 11) is 0. The van der Waals surface area contributed by atoms with Gasteiger partial charge in [-0.1, -0.05) is 11.6 Å². The summed E-state index contributed by atoms with van der Waals surface area (Å²) in [4.78, 5) is 2.39. The van der Waals surface area contributed by atoms with Gasteiger partial charge in [-0.05, 0) is 32.0 Å². The number of ether oxygens (including phenoxy) is 2. The summed E-state index contributed by atoms with van der Waals surface area (Å²) in [6.07, 6.45) is 0.0877. The Bertz CT molecular complexity index is 426. The summed E-state index contributed by atoms with van der Waals surface area (Å²) >= 11 is 6.07. The zero-order chi connectivity index (χ0) is 13.8. The summed E-state index contributed by atoms with van der Waals surface area (Å²) in [5, 5.41) is 0.538. The lowest BCUT2D eigenvalue weighted by molar-refractivity contribution is -0.0564. The normalized spacial score (nSPS) is 20.7. The molecule has 1 heterocycles. The fourth-order valence-corrected chi connectivity index (χ4v) is 2.37. The van der Waals surface area contributed by atoms with Crippen molar-refractivity contribution in [3.8, 4) is 5.75 Å². The van der Waals surface area contributed by atoms with Crippen LogP contribution in [0.15, 0.2) is 18.2 Å². The predicted octanol–water partition coefficient (Wildman–Crippen LogP) is 2.41. The number of benzene rings is 1. The van der Waals surface area contributed by atoms with Gasteiger partial charge in [0.25, 0.3) is 0 Å². The van der Waals surface area contributed by atoms with E-state index < -0.39 is 0 Å². The Labute approximate surface area is 119 Å². The number of anilines is 1. The zero-order valence-electron chi connectivity index (χ0n) is 11.4. The molecular weight excluding hydrogens is 264 g/mol. The molecule has 0 amide bonds. The first-order chi connectivity index (χ1) is 9.06. The lowest BCUT2D eigenvalue weighted by Crippen LogP contribution is -2.47. The molecule has 2 rings (SSSR count). The molecule has 19 heavy (non-hydrogen) atoms. The van der Waals surface area contributed by atoms with E-state index in [0.717, 1.165) is 19.7 Å². The van der Waals surface area contributed by atoms with E-state index in [1.54, 1.807) is 18.2 Å². The van der Waals surface area contributed by atoms with E-state index >= 15 is 0 Å². The first kappa shape index (κ1) is 14.4. The van der Waals surface area contributed by atoms with Gasteiger partial charge in [0.2, 0.25) is 0 Å². The van der Waals surface area contributed by atoms with Crippen molar-refractivity contribution in [3.05, 3.63) is 23.2 Å². The number of nitrogens with two attached hydrogens (primary N) is 1. The molecule has 1 saturated heterocycles. The Morgan fingerprint density at radius 1 is 1.53 bits per heavy atom. The Morgan fingerprint density at radius 2 is 2.32 bits per heavy atom. The molecule has 1 aromatic rings. The van der Waals surface area contributed by atoms with Gasteiger partial charge in [-0.25, -0.2) is 0 Å². The Balaban J connectivity index is 1.88. The van der Waals surface area contributed by atoms with E-state index in [4.69, 9.17) is 26.8 Å². The van der Waals surface area contributed by atoms with Gasteiger partial charge in [-0.3, -0.25) is 4.90 Å². The van der Waals surface area contributed by atoms with Crippen LogP contribution in [0.5, 0.6) is 5.75 Å². The molecule has 4 nitrogen and oxygen atoms in total. The largest absolute Gasteiger partial charge is 0.489 e. The van der Waals surface area contributed by atoms with Crippen molar-refractivity contribution in [3.63, 3.8) is 0 Å². The molecule has 2 N–H and O–H groups in total. The SMILES string of the molecule is CC(C)N1CCOC(COc2ccc(N)cc2Cl)C1. The van der Waals surface area contributed by atoms with E-state index in [1.165, 1.54) is 0 Å². The summed E-state index contributed by atoms with van der Waals surface area (Å²) < 4.78 is 11.4. The highest BCUT2D eigenvalue weighted by Crippen LogP contribution is 2.26. The molecule has 1 unspecified atom stereocenters. The smallest absolute Gasteiger partial charge is 0.138 e. The second-order valence-electron chi connectivity index (χ2n) is 5.08. The quantitative estimate of drug-likeness (QED) is 0.863. The molecule has 5 heteroatoms. The van der Waals surface area contributed by atoms with Gasteiger partial charge in [0.1, 0.15) is 18.5 Å². The van der Waals surface area contributed by atoms with Crippen molar-refractivity contribution < 1.29 is 9.47 Å². The van der Waals surface area contributed by atoms with Crippen LogP contribution in [-0.2, 0) is 4.74 Å². The molecule has 1 atom stereocenters. The predicted molar refractivity (Wildman–Crippen MR) is 77.8 cm³/mol. The third-order valence-corrected chi connectivity index (χ3v) is 3.58. The van der Waals surface area contributed by atoms with Crippen molar-refractivity contribution in [1.29, 1.82) is 0 Å². The minimum absolute atomic E-state index is 0.0877. The third kappa shape index (κ3) is 4.00. The molecule has 0 bridgehead atoms. The van der Waals surface area contributed by atoms with Crippen molar-refractivity contribution in [1.82, 2.24) is 4.90 Å². The van der Waals surface area contributed by atoms with Crippen molar-refractivity contribution in [2.75, 3.05) is 32.0 Å². The molecule has 0 aromatic heterocycles. The molecule has 0 spiro atoms. The standard InChI is InChI=1S/C14H21ClN2O2/c1-10(2)17-5-6-18-12(8-17)9-19-14-4-3-11(16)7-13(14)15/h3-4,7,10,12H,5-6,8-9,16H2,1-2H3. The lowest BCUT2D eigenvalue weighted by atomic mass is 10.2. The molecule has 106 valence electrons. The highest BCUT2D eigenvalue weighted by molar-refractivity contribution is 6.32. The van der Waals surface area contributed by atoms with Crippen LogP contribution in [0.4, 0.5) is 5.69 Å². The van der Waals surface area contributed by atoms with E-state index in [1.807, 2.05) is 0 Å². The minimum Gasteiger partial charge on any atom is -0.489 e. The van der Waals surface area contributed by atoms with Crippen LogP contribution in [0, 0.1) is 0 Å². The lowest BCUT2D eigenvalue weighted by Gasteiger charge is -2.35. The molecule has 0 saturated carbocycles. The molecule has 1 aromatic carbocycles. The van der Waals surface area contributed by atoms with E-state index in [0.29, 0.717) is 29.1 Å². The van der Waals surface area contributed by atoms with Crippen LogP contribution in [-0.4, -0.2) is 43.3 Å². The van der Waals surface area contributed by atoms with Crippen LogP contribution in [0.2, 0.25) is 5.02 Å². The number of morpholine rings is 1. The van der Waals surface area contributed by atoms with Gasteiger partial charge in [0, 0.05) is 24.8 Å². The van der Waals surface area contributed by atoms with Crippen LogP contribution in [0.25, 0.3) is 0 Å². The fraction of sp³-hybridized carbons (Fsp3) is 0.571. The number of rotatable bonds is 4. The number of nitrogens with zero attached hydrogens (tertiary/aromatic N) is 1. The van der Waals surface area contributed by atoms with Crippen LogP contribution >= 0.6 is 11.6 Å². The second-order valence-corrected chi connectivity index (χ2v) is 5.49. The molecule has 0 aliphatic carbocycles. The number of halogens is 1. The van der Waals surface area contributed by atoms with Crippen molar-refractivity contribution in [2.24, 2.45) is 0 Å². The first-order valence-corrected chi connectivity index (χ1v) is 6.97. The second kappa shape index (κ2) is 6.46. The third-order valence-electron chi connectivity index (χ3n) is 3.28. The summed E-state index contributed by atoms with van der Waals surface area (Å²) in [5.74, 6) is 0.654. The molecular formula is C14H21ClN2O2. The average Bonchev–Trinajstić information content (AvgIpc) is 2.38. The van der Waals surface area contributed by atoms with Gasteiger partial charge < -0.3 is 15.2 Å². The van der Waals surface area contributed by atoms with Gasteiger partial charge in [-0.15, -0.1) is 0 Å². The number of nitrogen functional groups attached to an aromatic ring is 1. The topological polar surface area (TPSA) is 47.7 Å². The fourth-order valence-electron chi connectivity index (χ4n) is 2.13. The average molecular weight is 285 g/mol. The van der Waals surface area contributed by atoms with Crippen LogP contribution in [0.3, 0.4) is 0 Å². The summed E-state index contributed by atoms with van der Waals surface area (Å²) in [5.41, 5.74) is 6.28. The molecule has 1 aliphatic heterocycles. The highest BCUT2D eigenvalue weighted by atomic mass is 35.5. The van der Waals surface area contributed by atoms with Gasteiger partial charge in [-0.2, -0.15) is 0 Å². The van der Waals surface area contributed by atoms with Gasteiger partial charge in [0.05, 0.1) is 11.6 Å². The number of hydrogen-bond donors (Lipinski definition) is 1. The zero-order valence-corrected chi connectivity index (χ0v) is 12.2.